The molecular formula is C16H23BrN2O. The number of morpholine rings is 1. The first-order valence-electron chi connectivity index (χ1n) is 7.67. The summed E-state index contributed by atoms with van der Waals surface area (Å²) in [5, 5.41) is 3.37. The molecule has 3 rings (SSSR count). The highest BCUT2D eigenvalue weighted by atomic mass is 79.9. The summed E-state index contributed by atoms with van der Waals surface area (Å²) in [4.78, 5) is 2.54. The molecule has 1 aromatic carbocycles. The van der Waals surface area contributed by atoms with E-state index >= 15 is 0 Å². The van der Waals surface area contributed by atoms with Crippen LogP contribution in [0.5, 0.6) is 0 Å². The summed E-state index contributed by atoms with van der Waals surface area (Å²) in [6.07, 6.45) is 4.22. The molecule has 0 spiro atoms. The topological polar surface area (TPSA) is 24.5 Å². The molecule has 0 bridgehead atoms. The average Bonchev–Trinajstić information content (AvgIpc) is 2.94. The largest absolute Gasteiger partial charge is 0.374 e. The summed E-state index contributed by atoms with van der Waals surface area (Å²) < 4.78 is 7.11. The number of hydrogen-bond donors (Lipinski definition) is 1. The summed E-state index contributed by atoms with van der Waals surface area (Å²) in [6, 6.07) is 7.32. The molecule has 20 heavy (non-hydrogen) atoms. The molecule has 3 nitrogen and oxygen atoms in total. The van der Waals surface area contributed by atoms with Crippen molar-refractivity contribution in [3.63, 3.8) is 0 Å². The SMILES string of the molecule is CCNCc1ccc(N2CCOC3CCCC32)c(Br)c1. The standard InChI is InChI=1S/C16H23BrN2O/c1-2-18-11-12-6-7-14(13(17)10-12)19-8-9-20-16-5-3-4-15(16)19/h6-7,10,15-16,18H,2-5,8-9,11H2,1H3. The average molecular weight is 339 g/mol. The second-order valence-electron chi connectivity index (χ2n) is 5.67. The van der Waals surface area contributed by atoms with Crippen LogP contribution in [0.25, 0.3) is 0 Å². The third kappa shape index (κ3) is 2.87. The maximum Gasteiger partial charge on any atom is 0.0779 e. The molecule has 1 aliphatic heterocycles. The van der Waals surface area contributed by atoms with E-state index in [-0.39, 0.29) is 0 Å². The monoisotopic (exact) mass is 338 g/mol. The van der Waals surface area contributed by atoms with Crippen LogP contribution in [0.3, 0.4) is 0 Å². The number of rotatable bonds is 4. The van der Waals surface area contributed by atoms with Crippen molar-refractivity contribution in [2.24, 2.45) is 0 Å². The number of fused-ring (bicyclic) bond motifs is 1. The Kier molecular flexibility index (Phi) is 4.64. The second kappa shape index (κ2) is 6.46. The van der Waals surface area contributed by atoms with Gasteiger partial charge in [0, 0.05) is 17.6 Å². The van der Waals surface area contributed by atoms with Crippen LogP contribution in [-0.2, 0) is 11.3 Å². The smallest absolute Gasteiger partial charge is 0.0779 e. The number of hydrogen-bond acceptors (Lipinski definition) is 3. The first-order valence-corrected chi connectivity index (χ1v) is 8.46. The van der Waals surface area contributed by atoms with E-state index in [2.05, 4.69) is 51.3 Å². The lowest BCUT2D eigenvalue weighted by atomic mass is 10.1. The first-order chi connectivity index (χ1) is 9.79. The molecule has 0 radical (unpaired) electrons. The van der Waals surface area contributed by atoms with Crippen molar-refractivity contribution >= 4 is 21.6 Å². The van der Waals surface area contributed by atoms with E-state index in [9.17, 15) is 0 Å². The predicted molar refractivity (Wildman–Crippen MR) is 86.2 cm³/mol. The first kappa shape index (κ1) is 14.4. The quantitative estimate of drug-likeness (QED) is 0.911. The summed E-state index contributed by atoms with van der Waals surface area (Å²) >= 11 is 3.76. The van der Waals surface area contributed by atoms with Gasteiger partial charge in [-0.3, -0.25) is 0 Å². The molecule has 2 fully saturated rings. The molecule has 0 amide bonds. The van der Waals surface area contributed by atoms with Gasteiger partial charge in [0.05, 0.1) is 24.4 Å². The van der Waals surface area contributed by atoms with Crippen LogP contribution in [0.4, 0.5) is 5.69 Å². The van der Waals surface area contributed by atoms with Crippen molar-refractivity contribution in [3.8, 4) is 0 Å². The van der Waals surface area contributed by atoms with Crippen LogP contribution < -0.4 is 10.2 Å². The van der Waals surface area contributed by atoms with E-state index in [1.54, 1.807) is 0 Å². The fourth-order valence-electron chi connectivity index (χ4n) is 3.39. The summed E-state index contributed by atoms with van der Waals surface area (Å²) in [5.41, 5.74) is 2.66. The molecule has 4 heteroatoms. The Bertz CT molecular complexity index is 466. The minimum absolute atomic E-state index is 0.442. The summed E-state index contributed by atoms with van der Waals surface area (Å²) in [5.74, 6) is 0. The van der Waals surface area contributed by atoms with Crippen molar-refractivity contribution in [3.05, 3.63) is 28.2 Å². The highest BCUT2D eigenvalue weighted by Crippen LogP contribution is 2.36. The van der Waals surface area contributed by atoms with Gasteiger partial charge in [-0.2, -0.15) is 0 Å². The number of ether oxygens (including phenoxy) is 1. The number of nitrogens with one attached hydrogen (secondary N) is 1. The maximum absolute atomic E-state index is 5.90. The van der Waals surface area contributed by atoms with Crippen molar-refractivity contribution in [2.75, 3.05) is 24.6 Å². The van der Waals surface area contributed by atoms with Gasteiger partial charge in [0.1, 0.15) is 0 Å². The maximum atomic E-state index is 5.90. The van der Waals surface area contributed by atoms with Crippen molar-refractivity contribution in [1.29, 1.82) is 0 Å². The van der Waals surface area contributed by atoms with E-state index in [0.29, 0.717) is 12.1 Å². The zero-order chi connectivity index (χ0) is 13.9. The zero-order valence-corrected chi connectivity index (χ0v) is 13.7. The number of halogens is 1. The third-order valence-corrected chi connectivity index (χ3v) is 5.02. The van der Waals surface area contributed by atoms with Gasteiger partial charge in [0.25, 0.3) is 0 Å². The van der Waals surface area contributed by atoms with Gasteiger partial charge in [-0.1, -0.05) is 13.0 Å². The molecule has 1 heterocycles. The number of benzene rings is 1. The third-order valence-electron chi connectivity index (χ3n) is 4.38. The Labute approximate surface area is 129 Å². The van der Waals surface area contributed by atoms with E-state index in [1.165, 1.54) is 35.0 Å². The second-order valence-corrected chi connectivity index (χ2v) is 6.52. The molecule has 1 aliphatic carbocycles. The van der Waals surface area contributed by atoms with Crippen LogP contribution in [0.2, 0.25) is 0 Å². The van der Waals surface area contributed by atoms with Gasteiger partial charge in [-0.25, -0.2) is 0 Å². The van der Waals surface area contributed by atoms with E-state index in [1.807, 2.05) is 0 Å². The molecular weight excluding hydrogens is 316 g/mol. The van der Waals surface area contributed by atoms with E-state index < -0.39 is 0 Å². The fraction of sp³-hybridized carbons (Fsp3) is 0.625. The molecule has 2 unspecified atom stereocenters. The molecule has 110 valence electrons. The van der Waals surface area contributed by atoms with Gasteiger partial charge in [-0.05, 0) is 59.4 Å². The lowest BCUT2D eigenvalue weighted by molar-refractivity contribution is 0.0256. The Hall–Kier alpha value is -0.580. The molecule has 0 aromatic heterocycles. The molecule has 1 N–H and O–H groups in total. The van der Waals surface area contributed by atoms with Gasteiger partial charge in [-0.15, -0.1) is 0 Å². The summed E-state index contributed by atoms with van der Waals surface area (Å²) in [7, 11) is 0. The minimum atomic E-state index is 0.442. The highest BCUT2D eigenvalue weighted by molar-refractivity contribution is 9.10. The van der Waals surface area contributed by atoms with Crippen LogP contribution >= 0.6 is 15.9 Å². The van der Waals surface area contributed by atoms with Crippen molar-refractivity contribution in [1.82, 2.24) is 5.32 Å². The summed E-state index contributed by atoms with van der Waals surface area (Å²) in [6.45, 7) is 5.94. The lowest BCUT2D eigenvalue weighted by Gasteiger charge is -2.40. The van der Waals surface area contributed by atoms with Gasteiger partial charge in [0.2, 0.25) is 0 Å². The number of nitrogens with zero attached hydrogens (tertiary/aromatic N) is 1. The Morgan fingerprint density at radius 3 is 3.10 bits per heavy atom. The van der Waals surface area contributed by atoms with Crippen LogP contribution in [0, 0.1) is 0 Å². The van der Waals surface area contributed by atoms with Crippen LogP contribution in [0.15, 0.2) is 22.7 Å². The highest BCUT2D eigenvalue weighted by Gasteiger charge is 2.36. The zero-order valence-electron chi connectivity index (χ0n) is 12.1. The molecule has 1 saturated carbocycles. The van der Waals surface area contributed by atoms with Crippen LogP contribution in [-0.4, -0.2) is 31.8 Å². The van der Waals surface area contributed by atoms with Gasteiger partial charge >= 0.3 is 0 Å². The lowest BCUT2D eigenvalue weighted by Crippen LogP contribution is -2.48. The van der Waals surface area contributed by atoms with Crippen molar-refractivity contribution < 1.29 is 4.74 Å². The predicted octanol–water partition coefficient (Wildman–Crippen LogP) is 3.32. The normalized spacial score (nSPS) is 25.8. The molecule has 1 saturated heterocycles. The fourth-order valence-corrected chi connectivity index (χ4v) is 4.04. The Balaban J connectivity index is 1.79. The molecule has 1 aromatic rings. The van der Waals surface area contributed by atoms with Crippen LogP contribution in [0.1, 0.15) is 31.7 Å². The minimum Gasteiger partial charge on any atom is -0.374 e. The van der Waals surface area contributed by atoms with E-state index in [0.717, 1.165) is 26.2 Å². The molecule has 2 atom stereocenters. The Morgan fingerprint density at radius 2 is 2.30 bits per heavy atom. The van der Waals surface area contributed by atoms with Crippen molar-refractivity contribution in [2.45, 2.75) is 44.9 Å². The van der Waals surface area contributed by atoms with Gasteiger partial charge < -0.3 is 15.0 Å². The Morgan fingerprint density at radius 1 is 1.40 bits per heavy atom. The van der Waals surface area contributed by atoms with Gasteiger partial charge in [0.15, 0.2) is 0 Å². The number of anilines is 1. The molecule has 2 aliphatic rings. The van der Waals surface area contributed by atoms with E-state index in [4.69, 9.17) is 4.74 Å².